The predicted molar refractivity (Wildman–Crippen MR) is 215 cm³/mol. The fourth-order valence-electron chi connectivity index (χ4n) is 6.62. The zero-order chi connectivity index (χ0) is 39.3. The number of aromatic hydroxyl groups is 1. The third-order valence-corrected chi connectivity index (χ3v) is 9.64. The number of fused-ring (bicyclic) bond motifs is 4. The van der Waals surface area contributed by atoms with Crippen LogP contribution in [0.3, 0.4) is 0 Å². The molecule has 0 radical (unpaired) electrons. The van der Waals surface area contributed by atoms with Crippen molar-refractivity contribution < 1.29 is 28.8 Å². The van der Waals surface area contributed by atoms with Crippen LogP contribution in [0.25, 0.3) is 43.9 Å². The molecule has 9 rings (SSSR count). The first kappa shape index (κ1) is 37.2. The van der Waals surface area contributed by atoms with Crippen molar-refractivity contribution in [1.82, 2.24) is 49.7 Å². The molecule has 16 nitrogen and oxygen atoms in total. The monoisotopic (exact) mass is 770 g/mol. The normalized spacial score (nSPS) is 13.5. The standard InChI is InChI=1S/C24H28N6O3.C17H14N4O3/c1-29-7-9-30(10-8-29)6-3-11-32-22-13-19-20(14-21(22)31-2)27-16-28-24(19)33-18-12-17-4-5-25-23(17)26-15-18;1-9-3-10-4-11(7-18-16(10)21-9)24-17-12-5-14(22)15(23-2)6-13(12)19-8-20-17/h4-5,12-16H,3,6-11H2,1-2H3,(H,25,26);3-8,22H,1-2H3,(H,18,21). The molecular formula is C41H42N10O6. The maximum Gasteiger partial charge on any atom is 0.230 e. The second-order valence-corrected chi connectivity index (χ2v) is 13.6. The van der Waals surface area contributed by atoms with E-state index < -0.39 is 0 Å². The average Bonchev–Trinajstić information content (AvgIpc) is 3.85. The number of nitrogens with zero attached hydrogens (tertiary/aromatic N) is 8. The average molecular weight is 771 g/mol. The number of H-pyrrole nitrogens is 2. The number of rotatable bonds is 11. The fraction of sp³-hybridized carbons (Fsp3) is 0.268. The van der Waals surface area contributed by atoms with Gasteiger partial charge in [-0.25, -0.2) is 29.9 Å². The minimum absolute atomic E-state index is 0.000475. The van der Waals surface area contributed by atoms with Crippen LogP contribution in [0.2, 0.25) is 0 Å². The van der Waals surface area contributed by atoms with E-state index in [4.69, 9.17) is 23.7 Å². The number of ether oxygens (including phenoxy) is 5. The van der Waals surface area contributed by atoms with Crippen LogP contribution in [-0.4, -0.2) is 115 Å². The molecule has 1 saturated heterocycles. The van der Waals surface area contributed by atoms with E-state index in [0.717, 1.165) is 77.8 Å². The highest BCUT2D eigenvalue weighted by atomic mass is 16.5. The number of hydrogen-bond acceptors (Lipinski definition) is 14. The van der Waals surface area contributed by atoms with E-state index in [9.17, 15) is 5.11 Å². The summed E-state index contributed by atoms with van der Waals surface area (Å²) in [5.41, 5.74) is 3.97. The second kappa shape index (κ2) is 16.5. The van der Waals surface area contributed by atoms with Gasteiger partial charge in [0.1, 0.15) is 35.4 Å². The molecule has 2 aromatic carbocycles. The molecule has 7 heterocycles. The molecule has 1 fully saturated rings. The molecule has 8 aromatic rings. The molecule has 0 bridgehead atoms. The third-order valence-electron chi connectivity index (χ3n) is 9.64. The number of phenolic OH excluding ortho intramolecular Hbond substituents is 1. The molecule has 16 heteroatoms. The minimum atomic E-state index is -0.000475. The van der Waals surface area contributed by atoms with Crippen molar-refractivity contribution >= 4 is 43.9 Å². The molecule has 1 aliphatic heterocycles. The van der Waals surface area contributed by atoms with Crippen LogP contribution in [0.4, 0.5) is 0 Å². The Morgan fingerprint density at radius 2 is 1.35 bits per heavy atom. The number of aromatic nitrogens is 8. The van der Waals surface area contributed by atoms with Gasteiger partial charge in [0, 0.05) is 67.5 Å². The molecule has 0 atom stereocenters. The lowest BCUT2D eigenvalue weighted by molar-refractivity contribution is 0.145. The minimum Gasteiger partial charge on any atom is -0.504 e. The zero-order valence-corrected chi connectivity index (χ0v) is 32.0. The van der Waals surface area contributed by atoms with Gasteiger partial charge in [0.25, 0.3) is 0 Å². The van der Waals surface area contributed by atoms with Crippen LogP contribution in [-0.2, 0) is 0 Å². The number of likely N-dealkylation sites (N-methyl/N-ethyl adjacent to an activating group) is 1. The molecule has 57 heavy (non-hydrogen) atoms. The molecule has 0 saturated carbocycles. The Morgan fingerprint density at radius 3 is 2.05 bits per heavy atom. The molecule has 0 aliphatic carbocycles. The number of aryl methyl sites for hydroxylation is 1. The lowest BCUT2D eigenvalue weighted by Gasteiger charge is -2.32. The van der Waals surface area contributed by atoms with Crippen molar-refractivity contribution in [2.45, 2.75) is 13.3 Å². The van der Waals surface area contributed by atoms with Crippen LogP contribution in [0.5, 0.6) is 46.3 Å². The van der Waals surface area contributed by atoms with E-state index in [1.807, 2.05) is 49.5 Å². The quantitative estimate of drug-likeness (QED) is 0.119. The third kappa shape index (κ3) is 8.41. The zero-order valence-electron chi connectivity index (χ0n) is 32.0. The van der Waals surface area contributed by atoms with Crippen molar-refractivity contribution in [3.05, 3.63) is 85.5 Å². The number of piperazine rings is 1. The Hall–Kier alpha value is -6.78. The summed E-state index contributed by atoms with van der Waals surface area (Å²) >= 11 is 0. The Morgan fingerprint density at radius 1 is 0.702 bits per heavy atom. The Bertz CT molecular complexity index is 2660. The van der Waals surface area contributed by atoms with Gasteiger partial charge in [-0.1, -0.05) is 0 Å². The fourth-order valence-corrected chi connectivity index (χ4v) is 6.62. The van der Waals surface area contributed by atoms with Crippen LogP contribution in [0, 0.1) is 6.92 Å². The molecule has 3 N–H and O–H groups in total. The highest BCUT2D eigenvalue weighted by Crippen LogP contribution is 2.37. The number of aromatic amines is 2. The van der Waals surface area contributed by atoms with E-state index in [-0.39, 0.29) is 5.75 Å². The summed E-state index contributed by atoms with van der Waals surface area (Å²) in [4.78, 5) is 36.9. The highest BCUT2D eigenvalue weighted by Gasteiger charge is 2.16. The molecule has 0 spiro atoms. The van der Waals surface area contributed by atoms with Crippen molar-refractivity contribution in [2.75, 3.05) is 60.6 Å². The van der Waals surface area contributed by atoms with Gasteiger partial charge in [-0.2, -0.15) is 0 Å². The maximum absolute atomic E-state index is 9.99. The Balaban J connectivity index is 0.000000168. The van der Waals surface area contributed by atoms with E-state index in [2.05, 4.69) is 56.7 Å². The SMILES string of the molecule is COc1cc2ncnc(Oc3cnc4[nH]c(C)cc4c3)c2cc1O.COc1cc2ncnc(Oc3cnc4[nH]ccc4c3)c2cc1OCCCN1CCN(C)CC1. The first-order valence-electron chi connectivity index (χ1n) is 18.5. The smallest absolute Gasteiger partial charge is 0.230 e. The topological polar surface area (TPSA) is 182 Å². The van der Waals surface area contributed by atoms with Gasteiger partial charge in [-0.15, -0.1) is 0 Å². The number of pyridine rings is 2. The summed E-state index contributed by atoms with van der Waals surface area (Å²) in [5.74, 6) is 3.58. The van der Waals surface area contributed by atoms with Crippen LogP contribution >= 0.6 is 0 Å². The summed E-state index contributed by atoms with van der Waals surface area (Å²) in [7, 11) is 5.29. The van der Waals surface area contributed by atoms with Gasteiger partial charge in [0.15, 0.2) is 23.0 Å². The summed E-state index contributed by atoms with van der Waals surface area (Å²) in [6, 6.07) is 14.6. The second-order valence-electron chi connectivity index (χ2n) is 13.6. The van der Waals surface area contributed by atoms with Crippen LogP contribution < -0.4 is 23.7 Å². The number of benzene rings is 2. The molecule has 292 valence electrons. The first-order valence-corrected chi connectivity index (χ1v) is 18.5. The number of nitrogens with one attached hydrogen (secondary N) is 2. The maximum atomic E-state index is 9.99. The lowest BCUT2D eigenvalue weighted by atomic mass is 10.2. The van der Waals surface area contributed by atoms with Gasteiger partial charge < -0.3 is 48.6 Å². The van der Waals surface area contributed by atoms with Crippen molar-refractivity contribution in [3.63, 3.8) is 0 Å². The lowest BCUT2D eigenvalue weighted by Crippen LogP contribution is -2.44. The summed E-state index contributed by atoms with van der Waals surface area (Å²) in [6.07, 6.45) is 8.97. The molecule has 0 unspecified atom stereocenters. The Labute approximate surface area is 327 Å². The molecule has 1 aliphatic rings. The predicted octanol–water partition coefficient (Wildman–Crippen LogP) is 6.64. The van der Waals surface area contributed by atoms with Crippen molar-refractivity contribution in [1.29, 1.82) is 0 Å². The summed E-state index contributed by atoms with van der Waals surface area (Å²) in [5, 5.41) is 13.2. The van der Waals surface area contributed by atoms with Crippen LogP contribution in [0.15, 0.2) is 79.8 Å². The van der Waals surface area contributed by atoms with E-state index >= 15 is 0 Å². The summed E-state index contributed by atoms with van der Waals surface area (Å²) < 4.78 is 28.7. The molecule has 6 aromatic heterocycles. The van der Waals surface area contributed by atoms with Crippen LogP contribution in [0.1, 0.15) is 12.1 Å². The largest absolute Gasteiger partial charge is 0.504 e. The van der Waals surface area contributed by atoms with Gasteiger partial charge >= 0.3 is 0 Å². The number of hydrogen-bond donors (Lipinski definition) is 3. The van der Waals surface area contributed by atoms with Crippen molar-refractivity contribution in [2.24, 2.45) is 0 Å². The molecule has 0 amide bonds. The van der Waals surface area contributed by atoms with Gasteiger partial charge in [-0.3, -0.25) is 0 Å². The Kier molecular flexibility index (Phi) is 10.8. The van der Waals surface area contributed by atoms with Gasteiger partial charge in [0.05, 0.1) is 55.0 Å². The highest BCUT2D eigenvalue weighted by molar-refractivity contribution is 5.88. The molecular weight excluding hydrogens is 729 g/mol. The number of methoxy groups -OCH3 is 2. The van der Waals surface area contributed by atoms with Gasteiger partial charge in [0.2, 0.25) is 11.8 Å². The number of phenols is 1. The van der Waals surface area contributed by atoms with E-state index in [0.29, 0.717) is 58.0 Å². The van der Waals surface area contributed by atoms with Gasteiger partial charge in [-0.05, 0) is 56.8 Å². The van der Waals surface area contributed by atoms with E-state index in [1.54, 1.807) is 25.6 Å². The first-order chi connectivity index (χ1) is 27.8. The summed E-state index contributed by atoms with van der Waals surface area (Å²) in [6.45, 7) is 8.05. The van der Waals surface area contributed by atoms with Crippen molar-refractivity contribution in [3.8, 4) is 46.3 Å². The van der Waals surface area contributed by atoms with E-state index in [1.165, 1.54) is 25.8 Å².